The number of esters is 1. The molecule has 0 radical (unpaired) electrons. The van der Waals surface area contributed by atoms with Crippen molar-refractivity contribution in [3.05, 3.63) is 77.5 Å². The first kappa shape index (κ1) is 20.5. The summed E-state index contributed by atoms with van der Waals surface area (Å²) in [7, 11) is 1.59. The van der Waals surface area contributed by atoms with Crippen molar-refractivity contribution in [2.45, 2.75) is 13.5 Å². The first-order valence-corrected chi connectivity index (χ1v) is 9.42. The first-order valence-electron chi connectivity index (χ1n) is 9.42. The summed E-state index contributed by atoms with van der Waals surface area (Å²) in [5.74, 6) is -0.805. The van der Waals surface area contributed by atoms with Crippen molar-refractivity contribution >= 4 is 22.8 Å². The second-order valence-electron chi connectivity index (χ2n) is 6.70. The Hall–Kier alpha value is -3.25. The minimum atomic E-state index is -0.536. The number of rotatable bonds is 8. The highest BCUT2D eigenvalue weighted by Crippen LogP contribution is 2.19. The lowest BCUT2D eigenvalue weighted by Crippen LogP contribution is -2.36. The summed E-state index contributed by atoms with van der Waals surface area (Å²) in [5, 5.41) is 0.705. The van der Waals surface area contributed by atoms with Gasteiger partial charge in [-0.2, -0.15) is 0 Å². The molecule has 1 aromatic heterocycles. The van der Waals surface area contributed by atoms with Gasteiger partial charge in [-0.15, -0.1) is 0 Å². The number of para-hydroxylation sites is 1. The summed E-state index contributed by atoms with van der Waals surface area (Å²) < 4.78 is 10.5. The lowest BCUT2D eigenvalue weighted by atomic mass is 10.1. The van der Waals surface area contributed by atoms with Crippen molar-refractivity contribution < 1.29 is 19.1 Å². The number of aryl methyl sites for hydroxylation is 1. The quantitative estimate of drug-likeness (QED) is 0.550. The zero-order valence-corrected chi connectivity index (χ0v) is 16.6. The van der Waals surface area contributed by atoms with Crippen molar-refractivity contribution in [2.24, 2.45) is 0 Å². The van der Waals surface area contributed by atoms with Crippen LogP contribution in [-0.4, -0.2) is 48.6 Å². The Morgan fingerprint density at radius 3 is 2.52 bits per heavy atom. The Labute approximate surface area is 170 Å². The van der Waals surface area contributed by atoms with E-state index in [1.54, 1.807) is 18.1 Å². The molecule has 0 saturated carbocycles. The molecule has 1 heterocycles. The standard InChI is InChI=1S/C23H24N2O4/c1-17-14-20(19-10-6-7-11-21(19)24-17)23(27)29-16-22(26)25(12-13-28-2)15-18-8-4-3-5-9-18/h3-11,14H,12-13,15-16H2,1-2H3. The largest absolute Gasteiger partial charge is 0.452 e. The van der Waals surface area contributed by atoms with Crippen molar-refractivity contribution in [2.75, 3.05) is 26.9 Å². The summed E-state index contributed by atoms with van der Waals surface area (Å²) in [6.07, 6.45) is 0. The molecule has 29 heavy (non-hydrogen) atoms. The highest BCUT2D eigenvalue weighted by molar-refractivity contribution is 6.04. The minimum Gasteiger partial charge on any atom is -0.452 e. The van der Waals surface area contributed by atoms with E-state index >= 15 is 0 Å². The minimum absolute atomic E-state index is 0.269. The molecule has 6 heteroatoms. The highest BCUT2D eigenvalue weighted by Gasteiger charge is 2.18. The number of fused-ring (bicyclic) bond motifs is 1. The fraction of sp³-hybridized carbons (Fsp3) is 0.261. The number of pyridine rings is 1. The number of nitrogens with zero attached hydrogens (tertiary/aromatic N) is 2. The molecular formula is C23H24N2O4. The number of benzene rings is 2. The van der Waals surface area contributed by atoms with Gasteiger partial charge < -0.3 is 14.4 Å². The van der Waals surface area contributed by atoms with Gasteiger partial charge in [-0.25, -0.2) is 4.79 Å². The van der Waals surface area contributed by atoms with Gasteiger partial charge in [0.2, 0.25) is 0 Å². The van der Waals surface area contributed by atoms with Gasteiger partial charge >= 0.3 is 5.97 Å². The zero-order valence-electron chi connectivity index (χ0n) is 16.6. The summed E-state index contributed by atoms with van der Waals surface area (Å²) in [6, 6.07) is 18.7. The molecule has 3 rings (SSSR count). The monoisotopic (exact) mass is 392 g/mol. The molecule has 0 unspecified atom stereocenters. The maximum Gasteiger partial charge on any atom is 0.339 e. The normalized spacial score (nSPS) is 10.7. The summed E-state index contributed by atoms with van der Waals surface area (Å²) in [6.45, 7) is 2.74. The third-order valence-corrected chi connectivity index (χ3v) is 4.53. The van der Waals surface area contributed by atoms with Crippen LogP contribution < -0.4 is 0 Å². The van der Waals surface area contributed by atoms with Crippen LogP contribution in [0.4, 0.5) is 0 Å². The number of methoxy groups -OCH3 is 1. The van der Waals surface area contributed by atoms with Gasteiger partial charge in [0.05, 0.1) is 17.7 Å². The van der Waals surface area contributed by atoms with Crippen LogP contribution in [0.3, 0.4) is 0 Å². The van der Waals surface area contributed by atoms with Crippen molar-refractivity contribution in [3.8, 4) is 0 Å². The van der Waals surface area contributed by atoms with Gasteiger partial charge in [0.25, 0.3) is 5.91 Å². The molecule has 0 aliphatic rings. The van der Waals surface area contributed by atoms with Crippen LogP contribution >= 0.6 is 0 Å². The molecule has 0 fully saturated rings. The van der Waals surface area contributed by atoms with E-state index in [-0.39, 0.29) is 12.5 Å². The highest BCUT2D eigenvalue weighted by atomic mass is 16.5. The van der Waals surface area contributed by atoms with E-state index in [2.05, 4.69) is 4.98 Å². The molecule has 0 atom stereocenters. The van der Waals surface area contributed by atoms with Gasteiger partial charge in [0.1, 0.15) is 0 Å². The molecule has 0 spiro atoms. The zero-order chi connectivity index (χ0) is 20.6. The maximum atomic E-state index is 12.7. The number of hydrogen-bond acceptors (Lipinski definition) is 5. The molecule has 150 valence electrons. The van der Waals surface area contributed by atoms with Gasteiger partial charge in [-0.3, -0.25) is 9.78 Å². The molecule has 0 saturated heterocycles. The topological polar surface area (TPSA) is 68.7 Å². The number of carbonyl (C=O) groups is 2. The Morgan fingerprint density at radius 2 is 1.76 bits per heavy atom. The predicted octanol–water partition coefficient (Wildman–Crippen LogP) is 3.38. The Kier molecular flexibility index (Phi) is 6.92. The summed E-state index contributed by atoms with van der Waals surface area (Å²) >= 11 is 0. The van der Waals surface area contributed by atoms with E-state index in [9.17, 15) is 9.59 Å². The van der Waals surface area contributed by atoms with Crippen LogP contribution in [-0.2, 0) is 20.8 Å². The average Bonchev–Trinajstić information content (AvgIpc) is 2.74. The Morgan fingerprint density at radius 1 is 1.03 bits per heavy atom. The van der Waals surface area contributed by atoms with E-state index in [0.717, 1.165) is 11.1 Å². The van der Waals surface area contributed by atoms with Crippen LogP contribution in [0, 0.1) is 6.92 Å². The molecule has 0 aliphatic carbocycles. The van der Waals surface area contributed by atoms with E-state index in [1.807, 2.05) is 61.5 Å². The van der Waals surface area contributed by atoms with Gasteiger partial charge in [-0.05, 0) is 24.6 Å². The van der Waals surface area contributed by atoms with Crippen molar-refractivity contribution in [1.82, 2.24) is 9.88 Å². The van der Waals surface area contributed by atoms with Crippen LogP contribution in [0.1, 0.15) is 21.6 Å². The van der Waals surface area contributed by atoms with E-state index in [1.165, 1.54) is 0 Å². The fourth-order valence-corrected chi connectivity index (χ4v) is 3.07. The Balaban J connectivity index is 1.70. The second-order valence-corrected chi connectivity index (χ2v) is 6.70. The van der Waals surface area contributed by atoms with Crippen LogP contribution in [0.5, 0.6) is 0 Å². The molecule has 6 nitrogen and oxygen atoms in total. The predicted molar refractivity (Wildman–Crippen MR) is 110 cm³/mol. The molecular weight excluding hydrogens is 368 g/mol. The van der Waals surface area contributed by atoms with Crippen molar-refractivity contribution in [3.63, 3.8) is 0 Å². The third kappa shape index (κ3) is 5.39. The fourth-order valence-electron chi connectivity index (χ4n) is 3.07. The second kappa shape index (κ2) is 9.80. The van der Waals surface area contributed by atoms with E-state index in [4.69, 9.17) is 9.47 Å². The Bertz CT molecular complexity index is 989. The maximum absolute atomic E-state index is 12.7. The molecule has 1 amide bonds. The summed E-state index contributed by atoms with van der Waals surface area (Å²) in [5.41, 5.74) is 2.84. The SMILES string of the molecule is COCCN(Cc1ccccc1)C(=O)COC(=O)c1cc(C)nc2ccccc12. The van der Waals surface area contributed by atoms with Gasteiger partial charge in [0.15, 0.2) is 6.61 Å². The van der Waals surface area contributed by atoms with Crippen molar-refractivity contribution in [1.29, 1.82) is 0 Å². The van der Waals surface area contributed by atoms with Crippen LogP contribution in [0.2, 0.25) is 0 Å². The summed E-state index contributed by atoms with van der Waals surface area (Å²) in [4.78, 5) is 31.4. The third-order valence-electron chi connectivity index (χ3n) is 4.53. The number of aromatic nitrogens is 1. The number of carbonyl (C=O) groups excluding carboxylic acids is 2. The lowest BCUT2D eigenvalue weighted by molar-refractivity contribution is -0.135. The molecule has 0 bridgehead atoms. The molecule has 0 aliphatic heterocycles. The molecule has 3 aromatic rings. The number of hydrogen-bond donors (Lipinski definition) is 0. The van der Waals surface area contributed by atoms with E-state index < -0.39 is 5.97 Å². The van der Waals surface area contributed by atoms with Crippen LogP contribution in [0.15, 0.2) is 60.7 Å². The average molecular weight is 392 g/mol. The first-order chi connectivity index (χ1) is 14.1. The van der Waals surface area contributed by atoms with Gasteiger partial charge in [0, 0.05) is 31.3 Å². The van der Waals surface area contributed by atoms with Gasteiger partial charge in [-0.1, -0.05) is 48.5 Å². The van der Waals surface area contributed by atoms with Crippen LogP contribution in [0.25, 0.3) is 10.9 Å². The molecule has 2 aromatic carbocycles. The number of amides is 1. The molecule has 0 N–H and O–H groups in total. The van der Waals surface area contributed by atoms with E-state index in [0.29, 0.717) is 36.3 Å². The smallest absolute Gasteiger partial charge is 0.339 e. The lowest BCUT2D eigenvalue weighted by Gasteiger charge is -2.22. The number of ether oxygens (including phenoxy) is 2.